The maximum Gasteiger partial charge on any atom is 0.282 e. The van der Waals surface area contributed by atoms with E-state index in [1.54, 1.807) is 0 Å². The molecular formula is C8H12N4OS2. The van der Waals surface area contributed by atoms with Gasteiger partial charge in [0.2, 0.25) is 10.1 Å². The van der Waals surface area contributed by atoms with Gasteiger partial charge in [0.15, 0.2) is 0 Å². The van der Waals surface area contributed by atoms with Crippen molar-refractivity contribution >= 4 is 34.1 Å². The first-order valence-electron chi connectivity index (χ1n) is 4.70. The van der Waals surface area contributed by atoms with Gasteiger partial charge in [-0.2, -0.15) is 11.8 Å². The van der Waals surface area contributed by atoms with Crippen LogP contribution in [0.3, 0.4) is 0 Å². The number of aromatic nitrogens is 2. The summed E-state index contributed by atoms with van der Waals surface area (Å²) >= 11 is 3.05. The minimum Gasteiger partial charge on any atom is -0.374 e. The van der Waals surface area contributed by atoms with Gasteiger partial charge >= 0.3 is 0 Å². The first-order chi connectivity index (χ1) is 7.25. The van der Waals surface area contributed by atoms with E-state index in [0.717, 1.165) is 23.6 Å². The Balaban J connectivity index is 1.81. The third-order valence-electron chi connectivity index (χ3n) is 2.21. The van der Waals surface area contributed by atoms with Crippen LogP contribution in [0, 0.1) is 5.92 Å². The number of hydrogen-bond acceptors (Lipinski definition) is 6. The molecule has 1 saturated heterocycles. The molecule has 0 spiro atoms. The minimum absolute atomic E-state index is 0.166. The van der Waals surface area contributed by atoms with E-state index in [2.05, 4.69) is 15.5 Å². The lowest BCUT2D eigenvalue weighted by molar-refractivity contribution is 0.0947. The number of carbonyl (C=O) groups excluding carboxylic acids is 1. The number of thioether (sulfide) groups is 1. The Morgan fingerprint density at radius 1 is 1.60 bits per heavy atom. The molecule has 82 valence electrons. The van der Waals surface area contributed by atoms with Crippen LogP contribution in [0.25, 0.3) is 0 Å². The van der Waals surface area contributed by atoms with Crippen LogP contribution in [0.1, 0.15) is 16.2 Å². The second-order valence-electron chi connectivity index (χ2n) is 3.39. The van der Waals surface area contributed by atoms with Crippen LogP contribution in [0.5, 0.6) is 0 Å². The molecule has 0 radical (unpaired) electrons. The second-order valence-corrected chi connectivity index (χ2v) is 5.54. The smallest absolute Gasteiger partial charge is 0.282 e. The fraction of sp³-hybridized carbons (Fsp3) is 0.625. The Morgan fingerprint density at radius 3 is 3.07 bits per heavy atom. The topological polar surface area (TPSA) is 80.9 Å². The van der Waals surface area contributed by atoms with E-state index in [0.29, 0.717) is 16.1 Å². The number of anilines is 1. The Morgan fingerprint density at radius 2 is 2.47 bits per heavy atom. The van der Waals surface area contributed by atoms with E-state index in [1.165, 1.54) is 12.2 Å². The summed E-state index contributed by atoms with van der Waals surface area (Å²) in [6.45, 7) is 0.727. The molecule has 0 saturated carbocycles. The summed E-state index contributed by atoms with van der Waals surface area (Å²) in [5.41, 5.74) is 5.40. The summed E-state index contributed by atoms with van der Waals surface area (Å²) in [6, 6.07) is 0. The monoisotopic (exact) mass is 244 g/mol. The van der Waals surface area contributed by atoms with E-state index in [4.69, 9.17) is 5.73 Å². The average molecular weight is 244 g/mol. The summed E-state index contributed by atoms with van der Waals surface area (Å²) in [6.07, 6.45) is 1.18. The first-order valence-corrected chi connectivity index (χ1v) is 6.68. The van der Waals surface area contributed by atoms with E-state index < -0.39 is 0 Å². The van der Waals surface area contributed by atoms with Crippen LogP contribution in [-0.2, 0) is 0 Å². The largest absolute Gasteiger partial charge is 0.374 e. The molecule has 2 heterocycles. The zero-order valence-electron chi connectivity index (χ0n) is 8.10. The summed E-state index contributed by atoms with van der Waals surface area (Å²) in [7, 11) is 0. The fourth-order valence-corrected chi connectivity index (χ4v) is 3.19. The molecule has 2 rings (SSSR count). The van der Waals surface area contributed by atoms with Crippen molar-refractivity contribution in [1.29, 1.82) is 0 Å². The van der Waals surface area contributed by atoms with Crippen LogP contribution >= 0.6 is 23.1 Å². The standard InChI is InChI=1S/C8H12N4OS2/c9-8-12-11-7(15-8)6(13)10-3-5-1-2-14-4-5/h5H,1-4H2,(H2,9,12)(H,10,13). The van der Waals surface area contributed by atoms with Crippen LogP contribution in [0.2, 0.25) is 0 Å². The fourth-order valence-electron chi connectivity index (χ4n) is 1.38. The molecule has 1 aliphatic rings. The quantitative estimate of drug-likeness (QED) is 0.814. The van der Waals surface area contributed by atoms with Crippen molar-refractivity contribution in [1.82, 2.24) is 15.5 Å². The van der Waals surface area contributed by atoms with E-state index in [9.17, 15) is 4.79 Å². The molecule has 1 amide bonds. The Labute approximate surface area is 95.8 Å². The molecule has 7 heteroatoms. The van der Waals surface area contributed by atoms with Gasteiger partial charge in [-0.3, -0.25) is 4.79 Å². The third kappa shape index (κ3) is 2.82. The van der Waals surface area contributed by atoms with E-state index in [-0.39, 0.29) is 5.91 Å². The van der Waals surface area contributed by atoms with Crippen molar-refractivity contribution in [2.24, 2.45) is 5.92 Å². The highest BCUT2D eigenvalue weighted by Gasteiger charge is 2.17. The van der Waals surface area contributed by atoms with Crippen LogP contribution in [0.4, 0.5) is 5.13 Å². The van der Waals surface area contributed by atoms with Gasteiger partial charge in [-0.1, -0.05) is 11.3 Å². The molecule has 1 aromatic rings. The highest BCUT2D eigenvalue weighted by atomic mass is 32.2. The minimum atomic E-state index is -0.166. The Kier molecular flexibility index (Phi) is 3.42. The summed E-state index contributed by atoms with van der Waals surface area (Å²) in [4.78, 5) is 11.5. The average Bonchev–Trinajstić information content (AvgIpc) is 2.84. The Hall–Kier alpha value is -0.820. The number of rotatable bonds is 3. The van der Waals surface area contributed by atoms with Gasteiger partial charge in [-0.15, -0.1) is 10.2 Å². The molecular weight excluding hydrogens is 232 g/mol. The molecule has 0 bridgehead atoms. The van der Waals surface area contributed by atoms with Crippen molar-refractivity contribution in [2.45, 2.75) is 6.42 Å². The van der Waals surface area contributed by atoms with Gasteiger partial charge in [0.05, 0.1) is 0 Å². The lowest BCUT2D eigenvalue weighted by Crippen LogP contribution is -2.29. The predicted octanol–water partition coefficient (Wildman–Crippen LogP) is 0.603. The summed E-state index contributed by atoms with van der Waals surface area (Å²) < 4.78 is 0. The maximum atomic E-state index is 11.5. The molecule has 3 N–H and O–H groups in total. The Bertz CT molecular complexity index is 348. The number of nitrogens with zero attached hydrogens (tertiary/aromatic N) is 2. The van der Waals surface area contributed by atoms with Crippen molar-refractivity contribution in [3.63, 3.8) is 0 Å². The van der Waals surface area contributed by atoms with Crippen molar-refractivity contribution < 1.29 is 4.79 Å². The van der Waals surface area contributed by atoms with Gasteiger partial charge in [0, 0.05) is 6.54 Å². The number of nitrogens with one attached hydrogen (secondary N) is 1. The van der Waals surface area contributed by atoms with Crippen LogP contribution in [-0.4, -0.2) is 34.2 Å². The van der Waals surface area contributed by atoms with Crippen LogP contribution < -0.4 is 11.1 Å². The summed E-state index contributed by atoms with van der Waals surface area (Å²) in [5.74, 6) is 2.77. The van der Waals surface area contributed by atoms with Gasteiger partial charge in [-0.25, -0.2) is 0 Å². The number of nitrogens with two attached hydrogens (primary N) is 1. The zero-order valence-corrected chi connectivity index (χ0v) is 9.74. The second kappa shape index (κ2) is 4.80. The van der Waals surface area contributed by atoms with Crippen molar-refractivity contribution in [2.75, 3.05) is 23.8 Å². The third-order valence-corrected chi connectivity index (χ3v) is 4.19. The lowest BCUT2D eigenvalue weighted by Gasteiger charge is -2.07. The molecule has 1 unspecified atom stereocenters. The molecule has 1 fully saturated rings. The van der Waals surface area contributed by atoms with E-state index >= 15 is 0 Å². The van der Waals surface area contributed by atoms with Gasteiger partial charge in [0.25, 0.3) is 5.91 Å². The van der Waals surface area contributed by atoms with Crippen LogP contribution in [0.15, 0.2) is 0 Å². The van der Waals surface area contributed by atoms with Crippen molar-refractivity contribution in [3.8, 4) is 0 Å². The molecule has 0 aromatic carbocycles. The molecule has 0 aliphatic carbocycles. The van der Waals surface area contributed by atoms with E-state index in [1.807, 2.05) is 11.8 Å². The normalized spacial score (nSPS) is 20.4. The van der Waals surface area contributed by atoms with Crippen molar-refractivity contribution in [3.05, 3.63) is 5.01 Å². The number of nitrogen functional groups attached to an aromatic ring is 1. The molecule has 5 nitrogen and oxygen atoms in total. The van der Waals surface area contributed by atoms with Gasteiger partial charge < -0.3 is 11.1 Å². The van der Waals surface area contributed by atoms with Gasteiger partial charge in [0.1, 0.15) is 0 Å². The SMILES string of the molecule is Nc1nnc(C(=O)NCC2CCSC2)s1. The molecule has 1 atom stereocenters. The first kappa shape index (κ1) is 10.7. The number of carbonyl (C=O) groups is 1. The lowest BCUT2D eigenvalue weighted by atomic mass is 10.1. The molecule has 1 aromatic heterocycles. The molecule has 15 heavy (non-hydrogen) atoms. The zero-order chi connectivity index (χ0) is 10.7. The number of amides is 1. The maximum absolute atomic E-state index is 11.5. The molecule has 1 aliphatic heterocycles. The highest BCUT2D eigenvalue weighted by Crippen LogP contribution is 2.22. The number of hydrogen-bond donors (Lipinski definition) is 2. The summed E-state index contributed by atoms with van der Waals surface area (Å²) in [5, 5.41) is 10.8. The predicted molar refractivity (Wildman–Crippen MR) is 62.1 cm³/mol. The highest BCUT2D eigenvalue weighted by molar-refractivity contribution is 7.99. The van der Waals surface area contributed by atoms with Gasteiger partial charge in [-0.05, 0) is 23.8 Å².